The van der Waals surface area contributed by atoms with E-state index < -0.39 is 176 Å². The zero-order valence-corrected chi connectivity index (χ0v) is 47.8. The number of aromatic hydroxyl groups is 1. The zero-order chi connectivity index (χ0) is 63.5. The molecule has 2 saturated heterocycles. The van der Waals surface area contributed by atoms with E-state index in [0.29, 0.717) is 24.0 Å². The van der Waals surface area contributed by atoms with Gasteiger partial charge in [0.15, 0.2) is 5.96 Å². The van der Waals surface area contributed by atoms with Crippen LogP contribution >= 0.6 is 12.6 Å². The Kier molecular flexibility index (Phi) is 28.4. The van der Waals surface area contributed by atoms with E-state index in [9.17, 15) is 77.6 Å². The Hall–Kier alpha value is -9.11. The molecule has 2 aliphatic heterocycles. The summed E-state index contributed by atoms with van der Waals surface area (Å²) in [5.74, 6) is -15.0. The van der Waals surface area contributed by atoms with Gasteiger partial charge in [-0.15, -0.1) is 0 Å². The van der Waals surface area contributed by atoms with E-state index in [1.165, 1.54) is 24.3 Å². The fourth-order valence-corrected chi connectivity index (χ4v) is 9.25. The lowest BCUT2D eigenvalue weighted by Gasteiger charge is -2.27. The predicted octanol–water partition coefficient (Wildman–Crippen LogP) is -7.25. The number of aliphatic imine (C=N–C) groups is 1. The van der Waals surface area contributed by atoms with E-state index in [0.717, 1.165) is 4.90 Å². The van der Waals surface area contributed by atoms with Crippen LogP contribution < -0.4 is 76.1 Å². The number of carbonyl (C=O) groups is 13. The Balaban J connectivity index is 1.79. The van der Waals surface area contributed by atoms with Crippen molar-refractivity contribution in [1.82, 2.24) is 58.1 Å². The molecular weight excluding hydrogens is 1150 g/mol. The average molecular weight is 1230 g/mol. The zero-order valence-electron chi connectivity index (χ0n) is 46.9. The van der Waals surface area contributed by atoms with Gasteiger partial charge in [0.25, 0.3) is 0 Å². The molecule has 2 aromatic carbocycles. The van der Waals surface area contributed by atoms with Crippen LogP contribution in [0, 0.1) is 0 Å². The highest BCUT2D eigenvalue weighted by Gasteiger charge is 2.38. The number of thiol groups is 1. The maximum atomic E-state index is 14.6. The van der Waals surface area contributed by atoms with Crippen LogP contribution in [0.3, 0.4) is 0 Å². The second kappa shape index (κ2) is 35.2. The van der Waals surface area contributed by atoms with Crippen LogP contribution in [0.5, 0.6) is 5.75 Å². The molecule has 0 bridgehead atoms. The smallest absolute Gasteiger partial charge is 0.305 e. The number of nitrogens with two attached hydrogens (primary N) is 4. The Morgan fingerprint density at radius 3 is 1.87 bits per heavy atom. The highest BCUT2D eigenvalue weighted by Crippen LogP contribution is 2.18. The summed E-state index contributed by atoms with van der Waals surface area (Å²) in [5.41, 5.74) is 23.2. The summed E-state index contributed by atoms with van der Waals surface area (Å²) in [4.78, 5) is 183. The molecule has 0 aliphatic carbocycles. The van der Waals surface area contributed by atoms with E-state index in [1.54, 1.807) is 30.3 Å². The van der Waals surface area contributed by atoms with Crippen molar-refractivity contribution in [2.75, 3.05) is 45.1 Å². The minimum absolute atomic E-state index is 0.00711. The maximum absolute atomic E-state index is 14.6. The lowest BCUT2D eigenvalue weighted by molar-refractivity contribution is -0.141. The number of nitrogens with one attached hydrogen (secondary N) is 10. The summed E-state index contributed by atoms with van der Waals surface area (Å²) in [6.07, 6.45) is -1.77. The van der Waals surface area contributed by atoms with E-state index in [4.69, 9.17) is 22.9 Å². The molecule has 0 saturated carbocycles. The summed E-state index contributed by atoms with van der Waals surface area (Å²) in [6, 6.07) is -1.39. The summed E-state index contributed by atoms with van der Waals surface area (Å²) >= 11 is 4.25. The van der Waals surface area contributed by atoms with Gasteiger partial charge in [-0.05, 0) is 74.8 Å². The topological polar surface area (TPSA) is 523 Å². The van der Waals surface area contributed by atoms with E-state index in [-0.39, 0.29) is 69.9 Å². The largest absolute Gasteiger partial charge is 0.508 e. The molecule has 32 nitrogen and oxygen atoms in total. The number of fused-ring (bicyclic) bond motifs is 1. The molecular formula is C53H76N16O16S. The number of rotatable bonds is 19. The third-order valence-corrected chi connectivity index (χ3v) is 13.9. The van der Waals surface area contributed by atoms with Crippen LogP contribution in [0.2, 0.25) is 0 Å². The molecule has 21 N–H and O–H groups in total. The number of phenolic OH excluding ortho intramolecular Hbond substituents is 1. The molecule has 2 aliphatic rings. The van der Waals surface area contributed by atoms with Crippen LogP contribution in [-0.4, -0.2) is 202 Å². The normalized spacial score (nSPS) is 23.3. The van der Waals surface area contributed by atoms with Crippen molar-refractivity contribution in [3.63, 3.8) is 0 Å². The fourth-order valence-electron chi connectivity index (χ4n) is 8.99. The van der Waals surface area contributed by atoms with E-state index in [1.807, 2.05) is 0 Å². The Morgan fingerprint density at radius 1 is 0.663 bits per heavy atom. The van der Waals surface area contributed by atoms with Gasteiger partial charge in [0, 0.05) is 31.7 Å². The second-order valence-corrected chi connectivity index (χ2v) is 20.5. The molecule has 0 unspecified atom stereocenters. The molecule has 9 atom stereocenters. The van der Waals surface area contributed by atoms with Crippen LogP contribution in [0.15, 0.2) is 59.6 Å². The molecule has 0 spiro atoms. The second-order valence-electron chi connectivity index (χ2n) is 20.2. The predicted molar refractivity (Wildman–Crippen MR) is 308 cm³/mol. The van der Waals surface area contributed by atoms with Gasteiger partial charge in [0.05, 0.1) is 32.5 Å². The Labute approximate surface area is 499 Å². The van der Waals surface area contributed by atoms with Gasteiger partial charge < -0.3 is 96.3 Å². The number of hydrogen-bond acceptors (Lipinski definition) is 18. The van der Waals surface area contributed by atoms with Crippen molar-refractivity contribution in [1.29, 1.82) is 0 Å². The molecule has 2 aromatic rings. The number of aliphatic carboxylic acids is 1. The monoisotopic (exact) mass is 1220 g/mol. The molecule has 470 valence electrons. The van der Waals surface area contributed by atoms with Gasteiger partial charge in [-0.1, -0.05) is 42.5 Å². The first-order chi connectivity index (χ1) is 40.9. The molecule has 0 aromatic heterocycles. The minimum atomic E-state index is -2.03. The number of carbonyl (C=O) groups excluding carboxylic acids is 12. The van der Waals surface area contributed by atoms with Gasteiger partial charge in [-0.2, -0.15) is 12.6 Å². The van der Waals surface area contributed by atoms with Crippen molar-refractivity contribution in [2.24, 2.45) is 27.9 Å². The van der Waals surface area contributed by atoms with Crippen molar-refractivity contribution in [3.8, 4) is 5.75 Å². The molecule has 2 heterocycles. The molecule has 4 rings (SSSR count). The number of aliphatic hydroxyl groups is 1. The van der Waals surface area contributed by atoms with Gasteiger partial charge in [0.1, 0.15) is 60.1 Å². The number of phenols is 1. The number of unbranched alkanes of at least 4 members (excludes halogenated alkanes) is 1. The number of carboxylic acid groups (broad SMARTS) is 1. The molecule has 2 fully saturated rings. The number of amides is 12. The van der Waals surface area contributed by atoms with Crippen molar-refractivity contribution < 1.29 is 77.6 Å². The minimum Gasteiger partial charge on any atom is -0.508 e. The third kappa shape index (κ3) is 23.2. The standard InChI is InChI=1S/C53H76N16O16S/c54-17-5-4-10-32-46(79)63-31(11-6-18-58-53(56)57)45(78)60-25-42(74)69-19-7-12-39(69)52(85)59-24-41(73)61-37(26-70)50(83)68-36(23-43(75)76)49(82)66-34(21-28-8-2-1-3-9-28)47(80)67-35(22-40(72)62-38(27-86)51(84)64-32)48(81)65-33(44(55)77)20-29-13-15-30(71)16-14-29/h1-3,8-9,13-16,31-39,70-71,86H,4-7,10-12,17-27,54H2,(H2,55,77)(H,59,85)(H,60,78)(H,61,73)(H,62,72)(H,63,79)(H,64,84)(H,65,81)(H,66,82)(H,67,80)(H,68,83)(H,75,76)(H4,56,57,58)/t31-,32-,33-,34-,35-,36-,37-,38-,39-/m0/s1. The van der Waals surface area contributed by atoms with Crippen LogP contribution in [-0.2, 0) is 75.2 Å². The number of carboxylic acids is 1. The highest BCUT2D eigenvalue weighted by atomic mass is 32.1. The number of aliphatic hydroxyl groups excluding tert-OH is 1. The molecule has 33 heteroatoms. The average Bonchev–Trinajstić information content (AvgIpc) is 3.74. The summed E-state index contributed by atoms with van der Waals surface area (Å²) < 4.78 is 0. The van der Waals surface area contributed by atoms with Gasteiger partial charge in [-0.3, -0.25) is 67.3 Å². The molecule has 12 amide bonds. The third-order valence-electron chi connectivity index (χ3n) is 13.5. The Bertz CT molecular complexity index is 2770. The summed E-state index contributed by atoms with van der Waals surface area (Å²) in [5, 5.41) is 53.6. The van der Waals surface area contributed by atoms with Crippen molar-refractivity contribution in [3.05, 3.63) is 65.7 Å². The number of hydrogen-bond donors (Lipinski definition) is 18. The number of primary amides is 1. The summed E-state index contributed by atoms with van der Waals surface area (Å²) in [7, 11) is 0. The first-order valence-electron chi connectivity index (χ1n) is 27.5. The van der Waals surface area contributed by atoms with Crippen molar-refractivity contribution in [2.45, 2.75) is 125 Å². The van der Waals surface area contributed by atoms with Crippen LogP contribution in [0.1, 0.15) is 68.9 Å². The van der Waals surface area contributed by atoms with Gasteiger partial charge in [0.2, 0.25) is 70.9 Å². The van der Waals surface area contributed by atoms with E-state index in [2.05, 4.69) is 70.8 Å². The molecule has 0 radical (unpaired) electrons. The van der Waals surface area contributed by atoms with E-state index >= 15 is 0 Å². The van der Waals surface area contributed by atoms with Crippen LogP contribution in [0.25, 0.3) is 0 Å². The highest BCUT2D eigenvalue weighted by molar-refractivity contribution is 7.80. The molecule has 86 heavy (non-hydrogen) atoms. The van der Waals surface area contributed by atoms with Gasteiger partial charge in [-0.25, -0.2) is 0 Å². The summed E-state index contributed by atoms with van der Waals surface area (Å²) in [6.45, 7) is -2.37. The van der Waals surface area contributed by atoms with Crippen molar-refractivity contribution >= 4 is 95.4 Å². The fraction of sp³-hybridized carbons (Fsp3) is 0.509. The lowest BCUT2D eigenvalue weighted by Crippen LogP contribution is -2.61. The number of guanidine groups is 1. The Morgan fingerprint density at radius 2 is 1.24 bits per heavy atom. The van der Waals surface area contributed by atoms with Crippen LogP contribution in [0.4, 0.5) is 0 Å². The first-order valence-corrected chi connectivity index (χ1v) is 28.1. The lowest BCUT2D eigenvalue weighted by atomic mass is 10.0. The van der Waals surface area contributed by atoms with Gasteiger partial charge >= 0.3 is 5.97 Å². The quantitative estimate of drug-likeness (QED) is 0.0269. The maximum Gasteiger partial charge on any atom is 0.305 e. The SMILES string of the molecule is NCCCC[C@@H]1NC(=O)[C@H](CS)NC(=O)C[C@@H](C(=O)N[C@@H](Cc2ccc(O)cc2)C(N)=O)NC(=O)[C@H](Cc2ccccc2)NC(=O)[C@H](CC(=O)O)NC(=O)[C@H](CO)NC(=O)CNC(=O)[C@@H]2CCCN2C(=O)CNC(=O)[C@H](CCCN=C(N)N)NC1=O. The number of nitrogens with zero attached hydrogens (tertiary/aromatic N) is 2. The first kappa shape index (κ1) is 69.4. The number of benzene rings is 2.